The van der Waals surface area contributed by atoms with E-state index in [4.69, 9.17) is 0 Å². The molecule has 0 amide bonds. The summed E-state index contributed by atoms with van der Waals surface area (Å²) in [4.78, 5) is 30.6. The van der Waals surface area contributed by atoms with Crippen LogP contribution in [0, 0.1) is 0 Å². The highest BCUT2D eigenvalue weighted by atomic mass is 14.7. The largest absolute Gasteiger partial charge is 0.256 e. The van der Waals surface area contributed by atoms with Crippen molar-refractivity contribution < 1.29 is 0 Å². The molecular weight excluding hydrogens is 1760 g/mol. The van der Waals surface area contributed by atoms with Crippen molar-refractivity contribution in [3.05, 3.63) is 391 Å². The fourth-order valence-electron chi connectivity index (χ4n) is 13.9. The van der Waals surface area contributed by atoms with Crippen LogP contribution in [-0.4, -0.2) is 34.9 Å². The summed E-state index contributed by atoms with van der Waals surface area (Å²) in [5.74, 6) is 5.10. The Kier molecular flexibility index (Phi) is 94.4. The van der Waals surface area contributed by atoms with Crippen LogP contribution >= 0.6 is 0 Å². The predicted octanol–water partition coefficient (Wildman–Crippen LogP) is 47.0. The number of hydrogen-bond donors (Lipinski definition) is 0. The summed E-state index contributed by atoms with van der Waals surface area (Å²) in [5, 5.41) is 14.1. The van der Waals surface area contributed by atoms with Crippen LogP contribution in [0.25, 0.3) is 97.9 Å². The van der Waals surface area contributed by atoms with Crippen molar-refractivity contribution in [1.29, 1.82) is 0 Å². The Bertz CT molecular complexity index is 5270. The highest BCUT2D eigenvalue weighted by molar-refractivity contribution is 5.88. The number of para-hydroxylation sites is 4. The van der Waals surface area contributed by atoms with Crippen molar-refractivity contribution in [1.82, 2.24) is 34.9 Å². The molecule has 0 saturated heterocycles. The van der Waals surface area contributed by atoms with Crippen LogP contribution in [0.2, 0.25) is 0 Å². The van der Waals surface area contributed by atoms with Gasteiger partial charge in [-0.15, -0.1) is 0 Å². The van der Waals surface area contributed by atoms with Crippen LogP contribution in [-0.2, 0) is 0 Å². The van der Waals surface area contributed by atoms with Gasteiger partial charge in [0.25, 0.3) is 0 Å². The normalized spacial score (nSPS) is 9.25. The second-order valence-electron chi connectivity index (χ2n) is 32.6. The number of aromatic nitrogens is 7. The van der Waals surface area contributed by atoms with Gasteiger partial charge in [0, 0.05) is 80.6 Å². The number of fused-ring (bicyclic) bond motifs is 9. The first-order valence-corrected chi connectivity index (χ1v) is 50.9. The van der Waals surface area contributed by atoms with Gasteiger partial charge >= 0.3 is 0 Å². The molecule has 0 aliphatic heterocycles. The molecule has 0 bridgehead atoms. The zero-order valence-electron chi connectivity index (χ0n) is 90.2. The standard InChI is InChI=1S/2C13H14.7C12H13N.9C2H6.10CH4/c1-10(2)12-9-5-7-11-6-3-4-8-13(11)12;1-10(2)12-8-7-11-5-3-4-6-13(11)9-12;1-9(2)10-5-3-7-12-11(10)6-4-8-13-12;1-9(2)11-7-3-5-10-6-4-8-13-12(10)11;1-9(2)10-5-6-12-11(8-10)4-3-7-13-12;1-9(2)11-6-5-10-4-3-7-13-12(10)8-11;1-9(2)11-7-10-5-3-4-6-12(10)13-8-11;1-9(2)10-7-8-13-12-6-4-3-5-11(10)12;1-9(2)11-8-7-10-5-3-4-6-12(10)13-11;9*1-2;;;;;;;;;;/h2*3-10H,1-2H3;7*3-9H,1-2H3;9*1-2H3;10*1H4. The Morgan fingerprint density at radius 1 is 0.159 bits per heavy atom. The Morgan fingerprint density at radius 3 is 0.945 bits per heavy atom. The van der Waals surface area contributed by atoms with Crippen LogP contribution in [0.3, 0.4) is 0 Å². The van der Waals surface area contributed by atoms with Gasteiger partial charge in [0.15, 0.2) is 0 Å². The molecule has 0 saturated carbocycles. The zero-order chi connectivity index (χ0) is 101. The van der Waals surface area contributed by atoms with E-state index >= 15 is 0 Å². The molecule has 0 aliphatic carbocycles. The van der Waals surface area contributed by atoms with E-state index in [2.05, 4.69) is 402 Å². The van der Waals surface area contributed by atoms with Gasteiger partial charge < -0.3 is 0 Å². The molecule has 145 heavy (non-hydrogen) atoms. The van der Waals surface area contributed by atoms with Gasteiger partial charge in [-0.2, -0.15) is 0 Å². The van der Waals surface area contributed by atoms with Crippen molar-refractivity contribution in [3.63, 3.8) is 0 Å². The van der Waals surface area contributed by atoms with Crippen molar-refractivity contribution in [2.75, 3.05) is 0 Å². The molecule has 7 heteroatoms. The Labute approximate surface area is 894 Å². The van der Waals surface area contributed by atoms with E-state index in [-0.39, 0.29) is 74.3 Å². The molecule has 7 nitrogen and oxygen atoms in total. The molecular formula is C138H213N7. The maximum atomic E-state index is 4.57. The highest BCUT2D eigenvalue weighted by Crippen LogP contribution is 2.30. The number of pyridine rings is 7. The van der Waals surface area contributed by atoms with E-state index in [0.29, 0.717) is 53.3 Å². The summed E-state index contributed by atoms with van der Waals surface area (Å²) in [7, 11) is 0. The number of benzene rings is 11. The summed E-state index contributed by atoms with van der Waals surface area (Å²) in [6.07, 6.45) is 11.2. The Hall–Kier alpha value is -12.2. The lowest BCUT2D eigenvalue weighted by atomic mass is 9.96. The molecule has 7 aromatic heterocycles. The molecule has 0 N–H and O–H groups in total. The fraction of sp³-hybridized carbons (Fsp3) is 0.399. The highest BCUT2D eigenvalue weighted by Gasteiger charge is 2.10. The first kappa shape index (κ1) is 153. The topological polar surface area (TPSA) is 90.2 Å². The zero-order valence-corrected chi connectivity index (χ0v) is 90.2. The van der Waals surface area contributed by atoms with E-state index in [9.17, 15) is 0 Å². The molecule has 0 spiro atoms. The van der Waals surface area contributed by atoms with Crippen molar-refractivity contribution in [2.45, 2.75) is 377 Å². The van der Waals surface area contributed by atoms with Gasteiger partial charge in [-0.3, -0.25) is 34.9 Å². The second kappa shape index (κ2) is 89.4. The van der Waals surface area contributed by atoms with Gasteiger partial charge in [0.2, 0.25) is 0 Å². The van der Waals surface area contributed by atoms with Crippen LogP contribution in [0.15, 0.2) is 340 Å². The monoisotopic (exact) mass is 1970 g/mol. The minimum atomic E-state index is 0. The van der Waals surface area contributed by atoms with E-state index in [1.807, 2.05) is 222 Å². The third-order valence-corrected chi connectivity index (χ3v) is 20.9. The third-order valence-electron chi connectivity index (χ3n) is 20.9. The summed E-state index contributed by atoms with van der Waals surface area (Å²) >= 11 is 0. The first-order chi connectivity index (χ1) is 65.5. The van der Waals surface area contributed by atoms with Gasteiger partial charge in [-0.05, 0) is 204 Å². The SMILES string of the molecule is C.C.C.C.C.C.C.C.C.C.CC.CC.CC.CC.CC.CC.CC.CC.CC.CC(C)c1ccc2ccccc2c1.CC(C)c1ccc2ccccc2n1.CC(C)c1ccc2cccnc2c1.CC(C)c1ccc2ncccc2c1.CC(C)c1cccc2ccccc12.CC(C)c1cccc2cccnc12.CC(C)c1cccc2ncccc12.CC(C)c1ccnc2ccccc12.CC(C)c1cnc2ccccc2c1. The van der Waals surface area contributed by atoms with E-state index in [0.717, 1.165) is 38.6 Å². The average molecular weight is 1970 g/mol. The Balaban J connectivity index is -0.000000172. The lowest BCUT2D eigenvalue weighted by Crippen LogP contribution is -1.91. The van der Waals surface area contributed by atoms with Crippen LogP contribution in [0.1, 0.15) is 427 Å². The van der Waals surface area contributed by atoms with Crippen molar-refractivity contribution >= 4 is 97.9 Å². The summed E-state index contributed by atoms with van der Waals surface area (Å²) in [5.41, 5.74) is 19.8. The predicted molar refractivity (Wildman–Crippen MR) is 676 cm³/mol. The van der Waals surface area contributed by atoms with Gasteiger partial charge in [-0.25, -0.2) is 0 Å². The van der Waals surface area contributed by atoms with Gasteiger partial charge in [0.1, 0.15) is 0 Å². The van der Waals surface area contributed by atoms with Crippen LogP contribution < -0.4 is 0 Å². The average Bonchev–Trinajstić information content (AvgIpc) is 0.828. The molecule has 18 rings (SSSR count). The van der Waals surface area contributed by atoms with Crippen molar-refractivity contribution in [2.24, 2.45) is 0 Å². The number of nitrogens with zero attached hydrogens (tertiary/aromatic N) is 7. The molecule has 0 unspecified atom stereocenters. The van der Waals surface area contributed by atoms with E-state index < -0.39 is 0 Å². The van der Waals surface area contributed by atoms with E-state index in [1.54, 1.807) is 0 Å². The lowest BCUT2D eigenvalue weighted by molar-refractivity contribution is 0.830. The first-order valence-electron chi connectivity index (χ1n) is 50.9. The number of hydrogen-bond acceptors (Lipinski definition) is 7. The third kappa shape index (κ3) is 51.4. The quantitative estimate of drug-likeness (QED) is 0.142. The van der Waals surface area contributed by atoms with Gasteiger partial charge in [0.05, 0.1) is 38.6 Å². The minimum absolute atomic E-state index is 0. The molecule has 0 aliphatic rings. The van der Waals surface area contributed by atoms with Crippen molar-refractivity contribution in [3.8, 4) is 0 Å². The molecule has 11 aromatic carbocycles. The number of rotatable bonds is 9. The fourth-order valence-corrected chi connectivity index (χ4v) is 13.9. The van der Waals surface area contributed by atoms with Gasteiger partial charge in [-0.1, -0.05) is 542 Å². The maximum absolute atomic E-state index is 4.57. The summed E-state index contributed by atoms with van der Waals surface area (Å²) in [6.45, 7) is 75.7. The molecule has 7 heterocycles. The smallest absolute Gasteiger partial charge is 0.0736 e. The van der Waals surface area contributed by atoms with Crippen LogP contribution in [0.5, 0.6) is 0 Å². The summed E-state index contributed by atoms with van der Waals surface area (Å²) in [6, 6.07) is 105. The molecule has 0 fully saturated rings. The maximum Gasteiger partial charge on any atom is 0.0736 e. The Morgan fingerprint density at radius 2 is 0.448 bits per heavy atom. The molecule has 18 aromatic rings. The lowest BCUT2D eigenvalue weighted by Gasteiger charge is -2.08. The van der Waals surface area contributed by atoms with E-state index in [1.165, 1.54) is 109 Å². The molecule has 800 valence electrons. The van der Waals surface area contributed by atoms with Crippen LogP contribution in [0.4, 0.5) is 0 Å². The molecule has 0 atom stereocenters. The summed E-state index contributed by atoms with van der Waals surface area (Å²) < 4.78 is 0. The molecule has 0 radical (unpaired) electrons. The minimum Gasteiger partial charge on any atom is -0.256 e. The second-order valence-corrected chi connectivity index (χ2v) is 32.6.